The van der Waals surface area contributed by atoms with Crippen molar-refractivity contribution >= 4 is 23.3 Å². The highest BCUT2D eigenvalue weighted by Gasteiger charge is 2.11. The van der Waals surface area contributed by atoms with Gasteiger partial charge in [0.2, 0.25) is 0 Å². The molecular weight excluding hydrogens is 310 g/mol. The van der Waals surface area contributed by atoms with Crippen molar-refractivity contribution in [1.82, 2.24) is 9.78 Å². The van der Waals surface area contributed by atoms with Gasteiger partial charge in [-0.3, -0.25) is 9.48 Å². The Bertz CT molecular complexity index is 842. The minimum atomic E-state index is -0.267. The van der Waals surface area contributed by atoms with Crippen molar-refractivity contribution in [2.45, 2.75) is 13.5 Å². The lowest BCUT2D eigenvalue weighted by molar-refractivity contribution is 0.102. The number of halogens is 1. The van der Waals surface area contributed by atoms with Gasteiger partial charge < -0.3 is 5.32 Å². The maximum Gasteiger partial charge on any atom is 0.258 e. The topological polar surface area (TPSA) is 46.9 Å². The van der Waals surface area contributed by atoms with Crippen molar-refractivity contribution in [1.29, 1.82) is 0 Å². The van der Waals surface area contributed by atoms with Crippen molar-refractivity contribution in [3.8, 4) is 0 Å². The van der Waals surface area contributed by atoms with Crippen LogP contribution in [0.3, 0.4) is 0 Å². The molecule has 116 valence electrons. The van der Waals surface area contributed by atoms with Gasteiger partial charge in [0.05, 0.1) is 17.1 Å². The first-order valence-electron chi connectivity index (χ1n) is 7.27. The molecule has 23 heavy (non-hydrogen) atoms. The number of rotatable bonds is 4. The first-order chi connectivity index (χ1) is 11.1. The third-order valence-electron chi connectivity index (χ3n) is 3.43. The molecule has 1 heterocycles. The number of hydrogen-bond acceptors (Lipinski definition) is 2. The van der Waals surface area contributed by atoms with Crippen LogP contribution in [0.4, 0.5) is 5.82 Å². The standard InChI is InChI=1S/C18H16ClN3O/c1-13-5-4-6-14(11-13)12-22-10-9-17(21-22)20-18(23)15-7-2-3-8-16(15)19/h2-11H,12H2,1H3,(H,20,21,23). The van der Waals surface area contributed by atoms with Crippen molar-refractivity contribution < 1.29 is 4.79 Å². The maximum atomic E-state index is 12.2. The summed E-state index contributed by atoms with van der Waals surface area (Å²) >= 11 is 6.03. The van der Waals surface area contributed by atoms with Crippen LogP contribution in [0.5, 0.6) is 0 Å². The molecule has 0 bridgehead atoms. The summed E-state index contributed by atoms with van der Waals surface area (Å²) in [7, 11) is 0. The molecule has 0 aliphatic rings. The summed E-state index contributed by atoms with van der Waals surface area (Å²) in [5, 5.41) is 7.55. The molecule has 0 saturated carbocycles. The van der Waals surface area contributed by atoms with E-state index < -0.39 is 0 Å². The van der Waals surface area contributed by atoms with E-state index in [0.29, 0.717) is 22.9 Å². The van der Waals surface area contributed by atoms with Gasteiger partial charge in [-0.2, -0.15) is 5.10 Å². The van der Waals surface area contributed by atoms with Crippen LogP contribution >= 0.6 is 11.6 Å². The van der Waals surface area contributed by atoms with Gasteiger partial charge in [0.15, 0.2) is 5.82 Å². The maximum absolute atomic E-state index is 12.2. The Morgan fingerprint density at radius 1 is 1.17 bits per heavy atom. The second-order valence-corrected chi connectivity index (χ2v) is 5.73. The van der Waals surface area contributed by atoms with Crippen LogP contribution in [0.15, 0.2) is 60.8 Å². The van der Waals surface area contributed by atoms with Crippen LogP contribution in [0.25, 0.3) is 0 Å². The van der Waals surface area contributed by atoms with E-state index in [1.165, 1.54) is 5.56 Å². The largest absolute Gasteiger partial charge is 0.305 e. The van der Waals surface area contributed by atoms with Gasteiger partial charge in [0.25, 0.3) is 5.91 Å². The van der Waals surface area contributed by atoms with Gasteiger partial charge in [-0.15, -0.1) is 0 Å². The Hall–Kier alpha value is -2.59. The minimum Gasteiger partial charge on any atom is -0.305 e. The number of aryl methyl sites for hydroxylation is 1. The molecule has 0 atom stereocenters. The number of hydrogen-bond donors (Lipinski definition) is 1. The van der Waals surface area contributed by atoms with E-state index in [1.54, 1.807) is 35.0 Å². The lowest BCUT2D eigenvalue weighted by atomic mass is 10.1. The Labute approximate surface area is 139 Å². The highest BCUT2D eigenvalue weighted by Crippen LogP contribution is 2.16. The molecule has 0 fully saturated rings. The van der Waals surface area contributed by atoms with Crippen LogP contribution in [-0.4, -0.2) is 15.7 Å². The van der Waals surface area contributed by atoms with Crippen LogP contribution in [0.2, 0.25) is 5.02 Å². The normalized spacial score (nSPS) is 10.5. The van der Waals surface area contributed by atoms with E-state index in [1.807, 2.05) is 12.3 Å². The highest BCUT2D eigenvalue weighted by molar-refractivity contribution is 6.34. The summed E-state index contributed by atoms with van der Waals surface area (Å²) in [6.07, 6.45) is 1.84. The van der Waals surface area contributed by atoms with Crippen molar-refractivity contribution in [2.24, 2.45) is 0 Å². The molecule has 1 N–H and O–H groups in total. The fourth-order valence-corrected chi connectivity index (χ4v) is 2.56. The van der Waals surface area contributed by atoms with Crippen LogP contribution in [0.1, 0.15) is 21.5 Å². The van der Waals surface area contributed by atoms with E-state index in [0.717, 1.165) is 5.56 Å². The molecule has 0 aliphatic carbocycles. The predicted molar refractivity (Wildman–Crippen MR) is 91.9 cm³/mol. The monoisotopic (exact) mass is 325 g/mol. The molecule has 0 aliphatic heterocycles. The number of anilines is 1. The van der Waals surface area contributed by atoms with Gasteiger partial charge in [-0.25, -0.2) is 0 Å². The van der Waals surface area contributed by atoms with E-state index in [-0.39, 0.29) is 5.91 Å². The smallest absolute Gasteiger partial charge is 0.258 e. The molecule has 4 nitrogen and oxygen atoms in total. The lowest BCUT2D eigenvalue weighted by Crippen LogP contribution is -2.13. The average Bonchev–Trinajstić information content (AvgIpc) is 2.94. The van der Waals surface area contributed by atoms with E-state index in [4.69, 9.17) is 11.6 Å². The van der Waals surface area contributed by atoms with E-state index in [2.05, 4.69) is 35.5 Å². The SMILES string of the molecule is Cc1cccc(Cn2ccc(NC(=O)c3ccccc3Cl)n2)c1. The molecular formula is C18H16ClN3O. The van der Waals surface area contributed by atoms with Crippen molar-refractivity contribution in [2.75, 3.05) is 5.32 Å². The van der Waals surface area contributed by atoms with E-state index in [9.17, 15) is 4.79 Å². The fourth-order valence-electron chi connectivity index (χ4n) is 2.34. The molecule has 0 unspecified atom stereocenters. The van der Waals surface area contributed by atoms with Crippen molar-refractivity contribution in [3.63, 3.8) is 0 Å². The fraction of sp³-hybridized carbons (Fsp3) is 0.111. The number of benzene rings is 2. The van der Waals surface area contributed by atoms with Crippen LogP contribution in [0, 0.1) is 6.92 Å². The molecule has 5 heteroatoms. The Balaban J connectivity index is 1.70. The minimum absolute atomic E-state index is 0.267. The quantitative estimate of drug-likeness (QED) is 0.783. The number of nitrogens with zero attached hydrogens (tertiary/aromatic N) is 2. The summed E-state index contributed by atoms with van der Waals surface area (Å²) in [4.78, 5) is 12.2. The molecule has 3 rings (SSSR count). The molecule has 0 radical (unpaired) electrons. The third kappa shape index (κ3) is 3.79. The molecule has 1 aromatic heterocycles. The summed E-state index contributed by atoms with van der Waals surface area (Å²) < 4.78 is 1.79. The number of amides is 1. The Morgan fingerprint density at radius 2 is 2.00 bits per heavy atom. The number of aromatic nitrogens is 2. The van der Waals surface area contributed by atoms with Gasteiger partial charge in [0.1, 0.15) is 0 Å². The number of carbonyl (C=O) groups excluding carboxylic acids is 1. The molecule has 0 saturated heterocycles. The Morgan fingerprint density at radius 3 is 2.78 bits per heavy atom. The number of carbonyl (C=O) groups is 1. The summed E-state index contributed by atoms with van der Waals surface area (Å²) in [5.41, 5.74) is 2.81. The van der Waals surface area contributed by atoms with Gasteiger partial charge in [-0.05, 0) is 24.6 Å². The van der Waals surface area contributed by atoms with Crippen molar-refractivity contribution in [3.05, 3.63) is 82.5 Å². The summed E-state index contributed by atoms with van der Waals surface area (Å²) in [5.74, 6) is 0.235. The Kier molecular flexibility index (Phi) is 4.44. The molecule has 2 aromatic carbocycles. The molecule has 0 spiro atoms. The first kappa shape index (κ1) is 15.3. The van der Waals surface area contributed by atoms with Gasteiger partial charge in [-0.1, -0.05) is 53.6 Å². The zero-order chi connectivity index (χ0) is 16.2. The lowest BCUT2D eigenvalue weighted by Gasteiger charge is -2.05. The third-order valence-corrected chi connectivity index (χ3v) is 3.76. The molecule has 1 amide bonds. The summed E-state index contributed by atoms with van der Waals surface area (Å²) in [6.45, 7) is 2.71. The summed E-state index contributed by atoms with van der Waals surface area (Å²) in [6, 6.07) is 16.9. The molecule has 3 aromatic rings. The second kappa shape index (κ2) is 6.67. The van der Waals surface area contributed by atoms with Crippen LogP contribution in [-0.2, 0) is 6.54 Å². The predicted octanol–water partition coefficient (Wildman–Crippen LogP) is 4.15. The van der Waals surface area contributed by atoms with Gasteiger partial charge in [0, 0.05) is 12.3 Å². The first-order valence-corrected chi connectivity index (χ1v) is 7.64. The van der Waals surface area contributed by atoms with Gasteiger partial charge >= 0.3 is 0 Å². The zero-order valence-electron chi connectivity index (χ0n) is 12.7. The number of nitrogens with one attached hydrogen (secondary N) is 1. The second-order valence-electron chi connectivity index (χ2n) is 5.32. The average molecular weight is 326 g/mol. The van der Waals surface area contributed by atoms with Crippen LogP contribution < -0.4 is 5.32 Å². The van der Waals surface area contributed by atoms with E-state index >= 15 is 0 Å². The zero-order valence-corrected chi connectivity index (χ0v) is 13.4. The highest BCUT2D eigenvalue weighted by atomic mass is 35.5.